The summed E-state index contributed by atoms with van der Waals surface area (Å²) in [5.74, 6) is 1.06. The van der Waals surface area contributed by atoms with Gasteiger partial charge in [-0.15, -0.1) is 0 Å². The number of likely N-dealkylation sites (tertiary alicyclic amines) is 1. The van der Waals surface area contributed by atoms with Crippen LogP contribution in [0.15, 0.2) is 48.5 Å². The predicted molar refractivity (Wildman–Crippen MR) is 121 cm³/mol. The number of hydrogen-bond donors (Lipinski definition) is 0. The van der Waals surface area contributed by atoms with Gasteiger partial charge in [0.1, 0.15) is 12.4 Å². The van der Waals surface area contributed by atoms with E-state index in [1.54, 1.807) is 0 Å². The first kappa shape index (κ1) is 19.8. The molecule has 1 atom stereocenters. The largest absolute Gasteiger partial charge is 0.341 e. The molecule has 1 aromatic heterocycles. The summed E-state index contributed by atoms with van der Waals surface area (Å²) in [5.41, 5.74) is 3.90. The molecule has 2 aromatic carbocycles. The van der Waals surface area contributed by atoms with Crippen LogP contribution in [-0.4, -0.2) is 45.9 Å². The van der Waals surface area contributed by atoms with Gasteiger partial charge in [-0.25, -0.2) is 4.98 Å². The number of aryl methyl sites for hydroxylation is 1. The quantitative estimate of drug-likeness (QED) is 0.649. The Morgan fingerprint density at radius 1 is 1.06 bits per heavy atom. The van der Waals surface area contributed by atoms with Gasteiger partial charge in [-0.3, -0.25) is 9.59 Å². The Labute approximate surface area is 182 Å². The Balaban J connectivity index is 1.46. The highest BCUT2D eigenvalue weighted by Gasteiger charge is 2.35. The lowest BCUT2D eigenvalue weighted by Gasteiger charge is -2.27. The topological polar surface area (TPSA) is 58.4 Å². The lowest BCUT2D eigenvalue weighted by atomic mass is 10.1. The highest BCUT2D eigenvalue weighted by atomic mass is 16.2. The van der Waals surface area contributed by atoms with Gasteiger partial charge in [-0.05, 0) is 56.0 Å². The second kappa shape index (κ2) is 8.17. The average Bonchev–Trinajstić information content (AvgIpc) is 3.35. The number of amides is 2. The SMILES string of the molecule is Cc1cccc(N2C[C@H](c3nc4ccccc4n3CC(=O)N3CCCCC3)CC2=O)c1. The van der Waals surface area contributed by atoms with Gasteiger partial charge in [-0.2, -0.15) is 0 Å². The molecule has 3 aromatic rings. The molecule has 5 rings (SSSR count). The van der Waals surface area contributed by atoms with Gasteiger partial charge >= 0.3 is 0 Å². The summed E-state index contributed by atoms with van der Waals surface area (Å²) < 4.78 is 2.05. The van der Waals surface area contributed by atoms with E-state index in [4.69, 9.17) is 4.98 Å². The second-order valence-electron chi connectivity index (χ2n) is 8.73. The Hall–Kier alpha value is -3.15. The number of nitrogens with zero attached hydrogens (tertiary/aromatic N) is 4. The van der Waals surface area contributed by atoms with Crippen LogP contribution in [0.4, 0.5) is 5.69 Å². The van der Waals surface area contributed by atoms with Crippen LogP contribution in [0.5, 0.6) is 0 Å². The molecule has 160 valence electrons. The van der Waals surface area contributed by atoms with Crippen LogP contribution < -0.4 is 4.90 Å². The molecule has 0 aliphatic carbocycles. The zero-order valence-corrected chi connectivity index (χ0v) is 18.0. The minimum absolute atomic E-state index is 0.0328. The fourth-order valence-electron chi connectivity index (χ4n) is 4.88. The first-order chi connectivity index (χ1) is 15.1. The third-order valence-electron chi connectivity index (χ3n) is 6.49. The number of aromatic nitrogens is 2. The lowest BCUT2D eigenvalue weighted by Crippen LogP contribution is -2.38. The first-order valence-electron chi connectivity index (χ1n) is 11.2. The summed E-state index contributed by atoms with van der Waals surface area (Å²) in [6.45, 7) is 4.58. The number of anilines is 1. The molecule has 0 N–H and O–H groups in total. The summed E-state index contributed by atoms with van der Waals surface area (Å²) >= 11 is 0. The zero-order valence-electron chi connectivity index (χ0n) is 18.0. The summed E-state index contributed by atoms with van der Waals surface area (Å²) in [5, 5.41) is 0. The molecule has 2 fully saturated rings. The molecule has 2 aliphatic rings. The van der Waals surface area contributed by atoms with Gasteiger partial charge in [-0.1, -0.05) is 24.3 Å². The molecule has 0 bridgehead atoms. The highest BCUT2D eigenvalue weighted by Crippen LogP contribution is 2.33. The number of fused-ring (bicyclic) bond motifs is 1. The molecular formula is C25H28N4O2. The van der Waals surface area contributed by atoms with E-state index in [-0.39, 0.29) is 24.3 Å². The Kier molecular flexibility index (Phi) is 5.22. The van der Waals surface area contributed by atoms with Crippen LogP contribution in [0.1, 0.15) is 43.0 Å². The van der Waals surface area contributed by atoms with E-state index in [0.717, 1.165) is 54.0 Å². The summed E-state index contributed by atoms with van der Waals surface area (Å²) in [4.78, 5) is 34.7. The van der Waals surface area contributed by atoms with Crippen LogP contribution in [0.2, 0.25) is 0 Å². The van der Waals surface area contributed by atoms with E-state index in [9.17, 15) is 9.59 Å². The van der Waals surface area contributed by atoms with Crippen molar-refractivity contribution in [3.05, 3.63) is 59.9 Å². The van der Waals surface area contributed by atoms with Gasteiger partial charge in [0.25, 0.3) is 0 Å². The van der Waals surface area contributed by atoms with Crippen molar-refractivity contribution in [3.8, 4) is 0 Å². The molecule has 2 amide bonds. The highest BCUT2D eigenvalue weighted by molar-refractivity contribution is 5.96. The minimum Gasteiger partial charge on any atom is -0.341 e. The van der Waals surface area contributed by atoms with Gasteiger partial charge in [0.15, 0.2) is 0 Å². The number of rotatable bonds is 4. The molecule has 6 nitrogen and oxygen atoms in total. The molecular weight excluding hydrogens is 388 g/mol. The van der Waals surface area contributed by atoms with Gasteiger partial charge in [0.05, 0.1) is 11.0 Å². The number of piperidine rings is 1. The van der Waals surface area contributed by atoms with E-state index in [1.165, 1.54) is 6.42 Å². The van der Waals surface area contributed by atoms with E-state index in [0.29, 0.717) is 13.0 Å². The van der Waals surface area contributed by atoms with Crippen molar-refractivity contribution >= 4 is 28.5 Å². The maximum absolute atomic E-state index is 13.1. The molecule has 0 spiro atoms. The smallest absolute Gasteiger partial charge is 0.242 e. The van der Waals surface area contributed by atoms with Crippen molar-refractivity contribution in [3.63, 3.8) is 0 Å². The van der Waals surface area contributed by atoms with Gasteiger partial charge < -0.3 is 14.4 Å². The Morgan fingerprint density at radius 2 is 1.87 bits per heavy atom. The van der Waals surface area contributed by atoms with Crippen molar-refractivity contribution in [2.24, 2.45) is 0 Å². The van der Waals surface area contributed by atoms with E-state index < -0.39 is 0 Å². The zero-order chi connectivity index (χ0) is 21.4. The summed E-state index contributed by atoms with van der Waals surface area (Å²) in [6.07, 6.45) is 3.76. The van der Waals surface area contributed by atoms with E-state index in [1.807, 2.05) is 69.8 Å². The molecule has 2 saturated heterocycles. The van der Waals surface area contributed by atoms with Crippen molar-refractivity contribution in [2.75, 3.05) is 24.5 Å². The van der Waals surface area contributed by atoms with Crippen molar-refractivity contribution in [1.82, 2.24) is 14.5 Å². The summed E-state index contributed by atoms with van der Waals surface area (Å²) in [7, 11) is 0. The van der Waals surface area contributed by atoms with Crippen molar-refractivity contribution < 1.29 is 9.59 Å². The normalized spacial score (nSPS) is 19.4. The molecule has 2 aliphatic heterocycles. The molecule has 0 saturated carbocycles. The van der Waals surface area contributed by atoms with Crippen molar-refractivity contribution in [1.29, 1.82) is 0 Å². The number of carbonyl (C=O) groups excluding carboxylic acids is 2. The first-order valence-corrected chi connectivity index (χ1v) is 11.2. The Bertz CT molecular complexity index is 1130. The third-order valence-corrected chi connectivity index (χ3v) is 6.49. The van der Waals surface area contributed by atoms with Crippen LogP contribution in [0.3, 0.4) is 0 Å². The predicted octanol–water partition coefficient (Wildman–Crippen LogP) is 3.88. The molecule has 6 heteroatoms. The fraction of sp³-hybridized carbons (Fsp3) is 0.400. The average molecular weight is 417 g/mol. The van der Waals surface area contributed by atoms with E-state index in [2.05, 4.69) is 0 Å². The minimum atomic E-state index is -0.0328. The summed E-state index contributed by atoms with van der Waals surface area (Å²) in [6, 6.07) is 16.0. The standard InChI is InChI=1S/C25H28N4O2/c1-18-8-7-9-20(14-18)28-16-19(15-23(28)30)25-26-21-10-3-4-11-22(21)29(25)17-24(31)27-12-5-2-6-13-27/h3-4,7-11,14,19H,2,5-6,12-13,15-17H2,1H3/t19-/m1/s1. The second-order valence-corrected chi connectivity index (χ2v) is 8.73. The maximum atomic E-state index is 13.1. The van der Waals surface area contributed by atoms with Crippen molar-refractivity contribution in [2.45, 2.75) is 45.1 Å². The fourth-order valence-corrected chi connectivity index (χ4v) is 4.88. The third kappa shape index (κ3) is 3.82. The van der Waals surface area contributed by atoms with Crippen LogP contribution in [0.25, 0.3) is 11.0 Å². The maximum Gasteiger partial charge on any atom is 0.242 e. The number of carbonyl (C=O) groups is 2. The molecule has 0 unspecified atom stereocenters. The molecule has 0 radical (unpaired) electrons. The van der Waals surface area contributed by atoms with Crippen LogP contribution >= 0.6 is 0 Å². The number of para-hydroxylation sites is 2. The van der Waals surface area contributed by atoms with Crippen LogP contribution in [-0.2, 0) is 16.1 Å². The Morgan fingerprint density at radius 3 is 2.68 bits per heavy atom. The van der Waals surface area contributed by atoms with Crippen LogP contribution in [0, 0.1) is 6.92 Å². The number of hydrogen-bond acceptors (Lipinski definition) is 3. The lowest BCUT2D eigenvalue weighted by molar-refractivity contribution is -0.132. The number of benzene rings is 2. The van der Waals surface area contributed by atoms with E-state index >= 15 is 0 Å². The number of imidazole rings is 1. The molecule has 31 heavy (non-hydrogen) atoms. The van der Waals surface area contributed by atoms with Gasteiger partial charge in [0, 0.05) is 37.7 Å². The van der Waals surface area contributed by atoms with Gasteiger partial charge in [0.2, 0.25) is 11.8 Å². The monoisotopic (exact) mass is 416 g/mol. The molecule has 3 heterocycles.